The van der Waals surface area contributed by atoms with Gasteiger partial charge in [0.25, 0.3) is 0 Å². The highest BCUT2D eigenvalue weighted by Gasteiger charge is 1.98. The van der Waals surface area contributed by atoms with Crippen LogP contribution in [0.1, 0.15) is 5.56 Å². The molecule has 0 unspecified atom stereocenters. The van der Waals surface area contributed by atoms with Crippen LogP contribution in [0.4, 0.5) is 5.69 Å². The van der Waals surface area contributed by atoms with Crippen LogP contribution in [0.15, 0.2) is 53.7 Å². The number of anilines is 1. The minimum absolute atomic E-state index is 0.842. The Morgan fingerprint density at radius 2 is 2.06 bits per heavy atom. The number of nitrogens with zero attached hydrogens (tertiary/aromatic N) is 3. The third-order valence-electron chi connectivity index (χ3n) is 2.64. The van der Waals surface area contributed by atoms with Crippen molar-refractivity contribution in [2.45, 2.75) is 6.54 Å². The van der Waals surface area contributed by atoms with Gasteiger partial charge in [-0.3, -0.25) is 4.57 Å². The first-order valence-corrected chi connectivity index (χ1v) is 6.56. The first kappa shape index (κ1) is 11.0. The molecule has 90 valence electrons. The zero-order valence-corrected chi connectivity index (χ0v) is 10.5. The van der Waals surface area contributed by atoms with E-state index in [2.05, 4.69) is 44.5 Å². The molecule has 0 atom stereocenters. The van der Waals surface area contributed by atoms with Crippen molar-refractivity contribution in [3.05, 3.63) is 59.3 Å². The minimum atomic E-state index is 0.842. The normalized spacial score (nSPS) is 10.4. The molecule has 0 aliphatic rings. The van der Waals surface area contributed by atoms with Crippen molar-refractivity contribution in [2.24, 2.45) is 0 Å². The van der Waals surface area contributed by atoms with Crippen molar-refractivity contribution in [1.82, 2.24) is 14.8 Å². The second-order valence-electron chi connectivity index (χ2n) is 3.90. The Morgan fingerprint density at radius 3 is 2.83 bits per heavy atom. The Labute approximate surface area is 109 Å². The Bertz CT molecular complexity index is 602. The predicted molar refractivity (Wildman–Crippen MR) is 73.0 cm³/mol. The van der Waals surface area contributed by atoms with Gasteiger partial charge in [-0.2, -0.15) is 11.3 Å². The molecule has 0 fully saturated rings. The van der Waals surface area contributed by atoms with Gasteiger partial charge in [-0.15, -0.1) is 10.2 Å². The highest BCUT2D eigenvalue weighted by atomic mass is 32.1. The summed E-state index contributed by atoms with van der Waals surface area (Å²) in [6, 6.07) is 10.3. The maximum absolute atomic E-state index is 3.81. The van der Waals surface area contributed by atoms with Crippen molar-refractivity contribution in [1.29, 1.82) is 0 Å². The molecule has 5 heteroatoms. The highest BCUT2D eigenvalue weighted by Crippen LogP contribution is 2.15. The Kier molecular flexibility index (Phi) is 3.06. The smallest absolute Gasteiger partial charge is 0.123 e. The fourth-order valence-corrected chi connectivity index (χ4v) is 2.38. The van der Waals surface area contributed by atoms with Gasteiger partial charge >= 0.3 is 0 Å². The van der Waals surface area contributed by atoms with Gasteiger partial charge in [0, 0.05) is 12.2 Å². The summed E-state index contributed by atoms with van der Waals surface area (Å²) < 4.78 is 1.88. The first-order valence-electron chi connectivity index (χ1n) is 5.62. The fourth-order valence-electron chi connectivity index (χ4n) is 1.71. The van der Waals surface area contributed by atoms with Crippen LogP contribution < -0.4 is 5.32 Å². The molecule has 2 aromatic heterocycles. The zero-order chi connectivity index (χ0) is 12.2. The van der Waals surface area contributed by atoms with Crippen molar-refractivity contribution >= 4 is 17.0 Å². The van der Waals surface area contributed by atoms with Crippen LogP contribution in [0, 0.1) is 0 Å². The monoisotopic (exact) mass is 256 g/mol. The SMILES string of the molecule is c1cc(NCc2ccsc2)cc(-n2cnnc2)c1. The number of rotatable bonds is 4. The molecule has 18 heavy (non-hydrogen) atoms. The van der Waals surface area contributed by atoms with Gasteiger partial charge in [-0.1, -0.05) is 6.07 Å². The molecule has 3 aromatic rings. The summed E-state index contributed by atoms with van der Waals surface area (Å²) in [6.07, 6.45) is 3.38. The van der Waals surface area contributed by atoms with Crippen LogP contribution in [-0.2, 0) is 6.54 Å². The molecule has 0 spiro atoms. The van der Waals surface area contributed by atoms with Crippen molar-refractivity contribution in [3.63, 3.8) is 0 Å². The van der Waals surface area contributed by atoms with Crippen LogP contribution in [0.5, 0.6) is 0 Å². The summed E-state index contributed by atoms with van der Waals surface area (Å²) in [5, 5.41) is 15.3. The van der Waals surface area contributed by atoms with Crippen LogP contribution in [0.3, 0.4) is 0 Å². The largest absolute Gasteiger partial charge is 0.381 e. The standard InChI is InChI=1S/C13H12N4S/c1-2-12(14-7-11-4-5-18-8-11)6-13(3-1)17-9-15-16-10-17/h1-6,8-10,14H,7H2. The molecule has 0 saturated carbocycles. The third-order valence-corrected chi connectivity index (χ3v) is 3.37. The summed E-state index contributed by atoms with van der Waals surface area (Å²) >= 11 is 1.72. The number of hydrogen-bond donors (Lipinski definition) is 1. The predicted octanol–water partition coefficient (Wildman–Crippen LogP) is 2.94. The van der Waals surface area contributed by atoms with E-state index in [1.807, 2.05) is 16.7 Å². The quantitative estimate of drug-likeness (QED) is 0.780. The van der Waals surface area contributed by atoms with Crippen molar-refractivity contribution in [2.75, 3.05) is 5.32 Å². The Balaban J connectivity index is 1.75. The molecule has 0 amide bonds. The minimum Gasteiger partial charge on any atom is -0.381 e. The average Bonchev–Trinajstić information content (AvgIpc) is 3.10. The molecule has 3 rings (SSSR count). The number of benzene rings is 1. The van der Waals surface area contributed by atoms with E-state index in [0.29, 0.717) is 0 Å². The van der Waals surface area contributed by atoms with Crippen molar-refractivity contribution in [3.8, 4) is 5.69 Å². The summed E-state index contributed by atoms with van der Waals surface area (Å²) in [5.74, 6) is 0. The lowest BCUT2D eigenvalue weighted by atomic mass is 10.2. The van der Waals surface area contributed by atoms with Gasteiger partial charge in [0.2, 0.25) is 0 Å². The molecule has 2 heterocycles. The summed E-state index contributed by atoms with van der Waals surface area (Å²) in [5.41, 5.74) is 3.44. The van der Waals surface area contributed by atoms with Crippen LogP contribution in [-0.4, -0.2) is 14.8 Å². The Hall–Kier alpha value is -2.14. The van der Waals surface area contributed by atoms with E-state index in [9.17, 15) is 0 Å². The van der Waals surface area contributed by atoms with Gasteiger partial charge in [-0.05, 0) is 40.6 Å². The lowest BCUT2D eigenvalue weighted by Crippen LogP contribution is -1.99. The average molecular weight is 256 g/mol. The molecular weight excluding hydrogens is 244 g/mol. The van der Waals surface area contributed by atoms with Gasteiger partial charge in [0.15, 0.2) is 0 Å². The molecule has 1 N–H and O–H groups in total. The number of hydrogen-bond acceptors (Lipinski definition) is 4. The molecule has 0 aliphatic heterocycles. The van der Waals surface area contributed by atoms with Gasteiger partial charge in [0.05, 0.1) is 5.69 Å². The number of nitrogens with one attached hydrogen (secondary N) is 1. The topological polar surface area (TPSA) is 42.7 Å². The summed E-state index contributed by atoms with van der Waals surface area (Å²) in [6.45, 7) is 0.842. The highest BCUT2D eigenvalue weighted by molar-refractivity contribution is 7.07. The van der Waals surface area contributed by atoms with E-state index in [0.717, 1.165) is 17.9 Å². The molecule has 0 bridgehead atoms. The lowest BCUT2D eigenvalue weighted by molar-refractivity contribution is 1.05. The molecule has 1 aromatic carbocycles. The summed E-state index contributed by atoms with van der Waals surface area (Å²) in [7, 11) is 0. The zero-order valence-electron chi connectivity index (χ0n) is 9.65. The second kappa shape index (κ2) is 5.01. The maximum Gasteiger partial charge on any atom is 0.123 e. The fraction of sp³-hybridized carbons (Fsp3) is 0.0769. The van der Waals surface area contributed by atoms with E-state index in [-0.39, 0.29) is 0 Å². The molecule has 0 saturated heterocycles. The Morgan fingerprint density at radius 1 is 1.17 bits per heavy atom. The van der Waals surface area contributed by atoms with Crippen LogP contribution in [0.2, 0.25) is 0 Å². The van der Waals surface area contributed by atoms with Gasteiger partial charge < -0.3 is 5.32 Å². The van der Waals surface area contributed by atoms with E-state index in [1.54, 1.807) is 24.0 Å². The summed E-state index contributed by atoms with van der Waals surface area (Å²) in [4.78, 5) is 0. The third kappa shape index (κ3) is 2.41. The van der Waals surface area contributed by atoms with Crippen LogP contribution >= 0.6 is 11.3 Å². The molecule has 0 aliphatic carbocycles. The van der Waals surface area contributed by atoms with E-state index in [4.69, 9.17) is 0 Å². The van der Waals surface area contributed by atoms with Gasteiger partial charge in [-0.25, -0.2) is 0 Å². The second-order valence-corrected chi connectivity index (χ2v) is 4.68. The maximum atomic E-state index is 3.81. The molecular formula is C13H12N4S. The van der Waals surface area contributed by atoms with Crippen molar-refractivity contribution < 1.29 is 0 Å². The number of thiophene rings is 1. The van der Waals surface area contributed by atoms with E-state index in [1.165, 1.54) is 5.56 Å². The van der Waals surface area contributed by atoms with Gasteiger partial charge in [0.1, 0.15) is 12.7 Å². The molecule has 0 radical (unpaired) electrons. The lowest BCUT2D eigenvalue weighted by Gasteiger charge is -2.07. The van der Waals surface area contributed by atoms with E-state index >= 15 is 0 Å². The first-order chi connectivity index (χ1) is 8.92. The van der Waals surface area contributed by atoms with E-state index < -0.39 is 0 Å². The molecule has 4 nitrogen and oxygen atoms in total. The van der Waals surface area contributed by atoms with Crippen LogP contribution in [0.25, 0.3) is 5.69 Å². The number of aromatic nitrogens is 3.